The van der Waals surface area contributed by atoms with Crippen LogP contribution in [0.2, 0.25) is 0 Å². The number of nitrogens with zero attached hydrogens (tertiary/aromatic N) is 2. The maximum absolute atomic E-state index is 12.8. The summed E-state index contributed by atoms with van der Waals surface area (Å²) in [6.45, 7) is 5.51. The molecule has 158 valence electrons. The van der Waals surface area contributed by atoms with Crippen molar-refractivity contribution in [3.8, 4) is 5.75 Å². The molecule has 0 spiro atoms. The van der Waals surface area contributed by atoms with E-state index in [1.165, 1.54) is 14.1 Å². The molecule has 9 nitrogen and oxygen atoms in total. The third-order valence-electron chi connectivity index (χ3n) is 4.25. The molecule has 2 rings (SSSR count). The zero-order valence-corrected chi connectivity index (χ0v) is 18.2. The molecule has 0 unspecified atom stereocenters. The first-order valence-corrected chi connectivity index (χ1v) is 11.4. The Labute approximate surface area is 170 Å². The fourth-order valence-electron chi connectivity index (χ4n) is 2.45. The topological polar surface area (TPSA) is 124 Å². The highest BCUT2D eigenvalue weighted by Gasteiger charge is 2.31. The highest BCUT2D eigenvalue weighted by atomic mass is 32.2. The van der Waals surface area contributed by atoms with Gasteiger partial charge in [0.15, 0.2) is 4.90 Å². The minimum absolute atomic E-state index is 0.0514. The molecular formula is C18H22N2O7S2. The predicted molar refractivity (Wildman–Crippen MR) is 107 cm³/mol. The number of rotatable bonds is 7. The van der Waals surface area contributed by atoms with Gasteiger partial charge in [0.1, 0.15) is 5.75 Å². The molecule has 0 heterocycles. The van der Waals surface area contributed by atoms with Gasteiger partial charge in [-0.25, -0.2) is 12.7 Å². The second-order valence-electron chi connectivity index (χ2n) is 6.89. The molecule has 2 aromatic rings. The predicted octanol–water partition coefficient (Wildman–Crippen LogP) is 3.04. The summed E-state index contributed by atoms with van der Waals surface area (Å²) in [5.74, 6) is 0.168. The summed E-state index contributed by atoms with van der Waals surface area (Å²) in [4.78, 5) is 9.38. The third kappa shape index (κ3) is 4.74. The van der Waals surface area contributed by atoms with E-state index >= 15 is 0 Å². The van der Waals surface area contributed by atoms with E-state index in [2.05, 4.69) is 0 Å². The standard InChI is InChI=1S/C18H22N2O7S2/c1-12(2)14-7-6-13(3)17(10-14)27-29(25,26)18-9-8-15(11-16(18)20(21)22)28(23,24)19(4)5/h6-12H,1-5H3. The minimum atomic E-state index is -4.59. The number of aryl methyl sites for hydroxylation is 1. The fraction of sp³-hybridized carbons (Fsp3) is 0.333. The highest BCUT2D eigenvalue weighted by molar-refractivity contribution is 7.89. The largest absolute Gasteiger partial charge is 0.378 e. The van der Waals surface area contributed by atoms with Crippen LogP contribution in [0.1, 0.15) is 30.9 Å². The van der Waals surface area contributed by atoms with Crippen LogP contribution < -0.4 is 4.18 Å². The van der Waals surface area contributed by atoms with Crippen molar-refractivity contribution in [3.63, 3.8) is 0 Å². The van der Waals surface area contributed by atoms with Gasteiger partial charge >= 0.3 is 10.1 Å². The van der Waals surface area contributed by atoms with Gasteiger partial charge < -0.3 is 4.18 Å². The van der Waals surface area contributed by atoms with Crippen LogP contribution in [0.4, 0.5) is 5.69 Å². The molecule has 0 N–H and O–H groups in total. The zero-order valence-electron chi connectivity index (χ0n) is 16.6. The average molecular weight is 443 g/mol. The summed E-state index contributed by atoms with van der Waals surface area (Å²) in [5.41, 5.74) is 0.487. The third-order valence-corrected chi connectivity index (χ3v) is 7.35. The fourth-order valence-corrected chi connectivity index (χ4v) is 4.50. The van der Waals surface area contributed by atoms with Gasteiger partial charge in [-0.05, 0) is 42.2 Å². The van der Waals surface area contributed by atoms with Gasteiger partial charge in [0.2, 0.25) is 10.0 Å². The SMILES string of the molecule is Cc1ccc(C(C)C)cc1OS(=O)(=O)c1ccc(S(=O)(=O)N(C)C)cc1[N+](=O)[O-]. The maximum Gasteiger partial charge on any atom is 0.346 e. The molecule has 0 bridgehead atoms. The summed E-state index contributed by atoms with van der Waals surface area (Å²) >= 11 is 0. The lowest BCUT2D eigenvalue weighted by molar-refractivity contribution is -0.388. The van der Waals surface area contributed by atoms with Gasteiger partial charge in [-0.15, -0.1) is 0 Å². The first-order chi connectivity index (χ1) is 13.3. The van der Waals surface area contributed by atoms with Gasteiger partial charge in [-0.3, -0.25) is 10.1 Å². The van der Waals surface area contributed by atoms with E-state index in [0.29, 0.717) is 11.6 Å². The molecule has 0 aliphatic heterocycles. The van der Waals surface area contributed by atoms with Crippen LogP contribution in [0.5, 0.6) is 5.75 Å². The number of sulfonamides is 1. The molecule has 0 amide bonds. The van der Waals surface area contributed by atoms with Crippen molar-refractivity contribution in [3.05, 3.63) is 57.6 Å². The summed E-state index contributed by atoms with van der Waals surface area (Å²) in [6, 6.07) is 7.67. The van der Waals surface area contributed by atoms with E-state index in [1.807, 2.05) is 19.9 Å². The molecule has 0 aliphatic rings. The Morgan fingerprint density at radius 1 is 1.03 bits per heavy atom. The molecule has 0 aliphatic carbocycles. The van der Waals surface area contributed by atoms with Crippen LogP contribution in [-0.4, -0.2) is 40.2 Å². The molecule has 0 radical (unpaired) electrons. The zero-order chi connectivity index (χ0) is 22.1. The van der Waals surface area contributed by atoms with Crippen molar-refractivity contribution in [1.29, 1.82) is 0 Å². The van der Waals surface area contributed by atoms with E-state index in [-0.39, 0.29) is 11.7 Å². The van der Waals surface area contributed by atoms with Crippen molar-refractivity contribution in [2.24, 2.45) is 0 Å². The first kappa shape index (κ1) is 22.8. The van der Waals surface area contributed by atoms with Gasteiger partial charge in [0.05, 0.1) is 9.82 Å². The second kappa shape index (κ2) is 8.09. The number of nitro groups is 1. The van der Waals surface area contributed by atoms with E-state index in [4.69, 9.17) is 4.18 Å². The second-order valence-corrected chi connectivity index (χ2v) is 10.6. The lowest BCUT2D eigenvalue weighted by Gasteiger charge is -2.14. The van der Waals surface area contributed by atoms with Gasteiger partial charge in [-0.1, -0.05) is 26.0 Å². The molecule has 0 saturated carbocycles. The lowest BCUT2D eigenvalue weighted by Crippen LogP contribution is -2.22. The van der Waals surface area contributed by atoms with E-state index in [1.54, 1.807) is 19.1 Å². The van der Waals surface area contributed by atoms with Crippen LogP contribution in [0, 0.1) is 17.0 Å². The van der Waals surface area contributed by atoms with Crippen molar-refractivity contribution in [2.75, 3.05) is 14.1 Å². The average Bonchev–Trinajstić information content (AvgIpc) is 2.62. The van der Waals surface area contributed by atoms with Crippen LogP contribution in [0.15, 0.2) is 46.2 Å². The number of hydrogen-bond acceptors (Lipinski definition) is 7. The maximum atomic E-state index is 12.8. The van der Waals surface area contributed by atoms with E-state index in [9.17, 15) is 26.9 Å². The molecule has 29 heavy (non-hydrogen) atoms. The Hall–Kier alpha value is -2.50. The summed E-state index contributed by atoms with van der Waals surface area (Å²) in [7, 11) is -6.04. The Kier molecular flexibility index (Phi) is 6.36. The molecule has 11 heteroatoms. The van der Waals surface area contributed by atoms with Gasteiger partial charge in [-0.2, -0.15) is 8.42 Å². The Morgan fingerprint density at radius 2 is 1.66 bits per heavy atom. The molecule has 0 atom stereocenters. The minimum Gasteiger partial charge on any atom is -0.378 e. The molecule has 0 aromatic heterocycles. The Balaban J connectivity index is 2.59. The number of hydrogen-bond donors (Lipinski definition) is 0. The van der Waals surface area contributed by atoms with E-state index in [0.717, 1.165) is 22.0 Å². The van der Waals surface area contributed by atoms with Crippen LogP contribution in [0.25, 0.3) is 0 Å². The quantitative estimate of drug-likeness (QED) is 0.367. The summed E-state index contributed by atoms with van der Waals surface area (Å²) in [5, 5.41) is 11.5. The van der Waals surface area contributed by atoms with Crippen LogP contribution >= 0.6 is 0 Å². The van der Waals surface area contributed by atoms with E-state index < -0.39 is 40.5 Å². The van der Waals surface area contributed by atoms with Crippen LogP contribution in [-0.2, 0) is 20.1 Å². The van der Waals surface area contributed by atoms with Crippen molar-refractivity contribution in [1.82, 2.24) is 4.31 Å². The molecule has 0 fully saturated rings. The Morgan fingerprint density at radius 3 is 2.17 bits per heavy atom. The normalized spacial score (nSPS) is 12.4. The summed E-state index contributed by atoms with van der Waals surface area (Å²) in [6.07, 6.45) is 0. The van der Waals surface area contributed by atoms with Crippen molar-refractivity contribution >= 4 is 25.8 Å². The monoisotopic (exact) mass is 442 g/mol. The molecular weight excluding hydrogens is 420 g/mol. The first-order valence-electron chi connectivity index (χ1n) is 8.53. The van der Waals surface area contributed by atoms with Crippen molar-refractivity contribution in [2.45, 2.75) is 36.5 Å². The highest BCUT2D eigenvalue weighted by Crippen LogP contribution is 2.32. The van der Waals surface area contributed by atoms with Crippen LogP contribution in [0.3, 0.4) is 0 Å². The van der Waals surface area contributed by atoms with Gasteiger partial charge in [0, 0.05) is 20.2 Å². The molecule has 0 saturated heterocycles. The number of nitro benzene ring substituents is 1. The Bertz CT molecular complexity index is 1150. The summed E-state index contributed by atoms with van der Waals surface area (Å²) < 4.78 is 56.0. The smallest absolute Gasteiger partial charge is 0.346 e. The lowest BCUT2D eigenvalue weighted by atomic mass is 10.0. The van der Waals surface area contributed by atoms with Crippen molar-refractivity contribution < 1.29 is 25.9 Å². The van der Waals surface area contributed by atoms with Gasteiger partial charge in [0.25, 0.3) is 5.69 Å². The number of benzene rings is 2. The molecule has 2 aromatic carbocycles.